The predicted molar refractivity (Wildman–Crippen MR) is 83.3 cm³/mol. The van der Waals surface area contributed by atoms with E-state index in [1.165, 1.54) is 0 Å². The SMILES string of the molecule is O=C(O)c1cc([N+](=O)[O-])cc(Cl)c1Sc1ccccc1Br. The van der Waals surface area contributed by atoms with Crippen molar-refractivity contribution in [2.75, 3.05) is 0 Å². The van der Waals surface area contributed by atoms with Crippen LogP contribution in [0.25, 0.3) is 0 Å². The Morgan fingerprint density at radius 2 is 2.00 bits per heavy atom. The fraction of sp³-hybridized carbons (Fsp3) is 0. The van der Waals surface area contributed by atoms with Crippen LogP contribution >= 0.6 is 39.3 Å². The summed E-state index contributed by atoms with van der Waals surface area (Å²) in [5.74, 6) is -1.27. The average Bonchev–Trinajstić information content (AvgIpc) is 2.42. The normalized spacial score (nSPS) is 10.4. The largest absolute Gasteiger partial charge is 0.478 e. The third-order valence-corrected chi connectivity index (χ3v) is 5.10. The average molecular weight is 389 g/mol. The minimum Gasteiger partial charge on any atom is -0.478 e. The molecule has 0 bridgehead atoms. The van der Waals surface area contributed by atoms with E-state index in [9.17, 15) is 20.0 Å². The monoisotopic (exact) mass is 387 g/mol. The van der Waals surface area contributed by atoms with Crippen LogP contribution in [0.4, 0.5) is 5.69 Å². The number of hydrogen-bond donors (Lipinski definition) is 1. The van der Waals surface area contributed by atoms with Crippen molar-refractivity contribution in [1.29, 1.82) is 0 Å². The van der Waals surface area contributed by atoms with Gasteiger partial charge in [0.1, 0.15) is 0 Å². The molecule has 108 valence electrons. The van der Waals surface area contributed by atoms with Crippen molar-refractivity contribution in [1.82, 2.24) is 0 Å². The number of rotatable bonds is 4. The molecule has 21 heavy (non-hydrogen) atoms. The van der Waals surface area contributed by atoms with Gasteiger partial charge in [0.15, 0.2) is 0 Å². The molecule has 0 spiro atoms. The quantitative estimate of drug-likeness (QED) is 0.597. The minimum atomic E-state index is -1.27. The summed E-state index contributed by atoms with van der Waals surface area (Å²) in [5, 5.41) is 20.1. The molecule has 0 aliphatic rings. The number of nitrogens with zero attached hydrogens (tertiary/aromatic N) is 1. The van der Waals surface area contributed by atoms with E-state index in [4.69, 9.17) is 11.6 Å². The van der Waals surface area contributed by atoms with Gasteiger partial charge >= 0.3 is 5.97 Å². The second kappa shape index (κ2) is 6.46. The van der Waals surface area contributed by atoms with Gasteiger partial charge in [-0.25, -0.2) is 4.79 Å². The van der Waals surface area contributed by atoms with Crippen LogP contribution in [-0.4, -0.2) is 16.0 Å². The first-order valence-electron chi connectivity index (χ1n) is 5.53. The molecule has 0 amide bonds. The van der Waals surface area contributed by atoms with Crippen LogP contribution in [0.2, 0.25) is 5.02 Å². The summed E-state index contributed by atoms with van der Waals surface area (Å²) in [6, 6.07) is 9.37. The zero-order valence-electron chi connectivity index (χ0n) is 10.2. The molecule has 0 atom stereocenters. The molecule has 8 heteroatoms. The minimum absolute atomic E-state index is 0.0300. The Balaban J connectivity index is 2.55. The summed E-state index contributed by atoms with van der Waals surface area (Å²) in [7, 11) is 0. The molecule has 0 fully saturated rings. The number of halogens is 2. The van der Waals surface area contributed by atoms with E-state index in [-0.39, 0.29) is 21.2 Å². The Hall–Kier alpha value is -1.57. The van der Waals surface area contributed by atoms with Crippen LogP contribution in [0.1, 0.15) is 10.4 Å². The van der Waals surface area contributed by atoms with Crippen molar-refractivity contribution in [2.45, 2.75) is 9.79 Å². The van der Waals surface area contributed by atoms with Gasteiger partial charge in [0.05, 0.1) is 15.5 Å². The fourth-order valence-corrected chi connectivity index (χ4v) is 3.39. The third-order valence-electron chi connectivity index (χ3n) is 2.52. The highest BCUT2D eigenvalue weighted by molar-refractivity contribution is 9.10. The molecule has 0 aliphatic carbocycles. The summed E-state index contributed by atoms with van der Waals surface area (Å²) < 4.78 is 0.778. The first-order chi connectivity index (χ1) is 9.90. The molecule has 0 unspecified atom stereocenters. The lowest BCUT2D eigenvalue weighted by Crippen LogP contribution is -2.01. The number of nitro groups is 1. The number of hydrogen-bond acceptors (Lipinski definition) is 4. The predicted octanol–water partition coefficient (Wildman–Crippen LogP) is 4.86. The molecule has 2 rings (SSSR count). The van der Waals surface area contributed by atoms with Gasteiger partial charge in [0, 0.05) is 26.4 Å². The molecule has 0 aliphatic heterocycles. The number of nitro benzene ring substituents is 1. The number of carboxylic acid groups (broad SMARTS) is 1. The van der Waals surface area contributed by atoms with E-state index >= 15 is 0 Å². The zero-order chi connectivity index (χ0) is 15.6. The Labute approximate surface area is 137 Å². The third kappa shape index (κ3) is 3.55. The van der Waals surface area contributed by atoms with Crippen LogP contribution < -0.4 is 0 Å². The molecule has 0 heterocycles. The number of benzene rings is 2. The van der Waals surface area contributed by atoms with Crippen molar-refractivity contribution >= 4 is 50.9 Å². The number of aromatic carboxylic acids is 1. The fourth-order valence-electron chi connectivity index (χ4n) is 1.58. The first kappa shape index (κ1) is 15.8. The Kier molecular flexibility index (Phi) is 4.87. The maximum atomic E-state index is 11.3. The van der Waals surface area contributed by atoms with Crippen LogP contribution in [0.15, 0.2) is 50.7 Å². The highest BCUT2D eigenvalue weighted by Gasteiger charge is 2.21. The first-order valence-corrected chi connectivity index (χ1v) is 7.52. The highest BCUT2D eigenvalue weighted by atomic mass is 79.9. The zero-order valence-corrected chi connectivity index (χ0v) is 13.4. The van der Waals surface area contributed by atoms with Crippen molar-refractivity contribution < 1.29 is 14.8 Å². The van der Waals surface area contributed by atoms with Crippen LogP contribution in [0, 0.1) is 10.1 Å². The Morgan fingerprint density at radius 1 is 1.33 bits per heavy atom. The van der Waals surface area contributed by atoms with Gasteiger partial charge in [-0.2, -0.15) is 0 Å². The van der Waals surface area contributed by atoms with E-state index in [1.807, 2.05) is 12.1 Å². The van der Waals surface area contributed by atoms with Crippen LogP contribution in [0.5, 0.6) is 0 Å². The number of non-ortho nitro benzene ring substituents is 1. The molecule has 0 aromatic heterocycles. The highest BCUT2D eigenvalue weighted by Crippen LogP contribution is 2.41. The Morgan fingerprint density at radius 3 is 2.57 bits per heavy atom. The number of carboxylic acids is 1. The lowest BCUT2D eigenvalue weighted by molar-refractivity contribution is -0.384. The molecule has 1 N–H and O–H groups in total. The Bertz CT molecular complexity index is 738. The van der Waals surface area contributed by atoms with E-state index in [0.29, 0.717) is 0 Å². The van der Waals surface area contributed by atoms with Crippen molar-refractivity contribution in [3.63, 3.8) is 0 Å². The van der Waals surface area contributed by atoms with Crippen molar-refractivity contribution in [2.24, 2.45) is 0 Å². The van der Waals surface area contributed by atoms with Gasteiger partial charge in [-0.3, -0.25) is 10.1 Å². The summed E-state index contributed by atoms with van der Waals surface area (Å²) >= 11 is 10.5. The second-order valence-electron chi connectivity index (χ2n) is 3.90. The van der Waals surface area contributed by atoms with Crippen molar-refractivity contribution in [3.8, 4) is 0 Å². The van der Waals surface area contributed by atoms with Gasteiger partial charge in [-0.05, 0) is 28.1 Å². The second-order valence-corrected chi connectivity index (χ2v) is 6.21. The molecule has 2 aromatic carbocycles. The smallest absolute Gasteiger partial charge is 0.337 e. The molecule has 0 saturated carbocycles. The molecule has 0 saturated heterocycles. The van der Waals surface area contributed by atoms with Gasteiger partial charge in [-0.1, -0.05) is 35.5 Å². The van der Waals surface area contributed by atoms with E-state index < -0.39 is 10.9 Å². The van der Waals surface area contributed by atoms with Gasteiger partial charge in [0.2, 0.25) is 0 Å². The molecular formula is C13H7BrClNO4S. The van der Waals surface area contributed by atoms with Gasteiger partial charge < -0.3 is 5.11 Å². The lowest BCUT2D eigenvalue weighted by atomic mass is 10.2. The molecule has 2 aromatic rings. The number of carbonyl (C=O) groups is 1. The topological polar surface area (TPSA) is 80.4 Å². The summed E-state index contributed by atoms with van der Waals surface area (Å²) in [6.45, 7) is 0. The van der Waals surface area contributed by atoms with Crippen LogP contribution in [-0.2, 0) is 0 Å². The molecular weight excluding hydrogens is 382 g/mol. The summed E-state index contributed by atoms with van der Waals surface area (Å²) in [4.78, 5) is 22.5. The molecule has 5 nitrogen and oxygen atoms in total. The summed E-state index contributed by atoms with van der Waals surface area (Å²) in [5.41, 5.74) is -0.552. The summed E-state index contributed by atoms with van der Waals surface area (Å²) in [6.07, 6.45) is 0. The van der Waals surface area contributed by atoms with E-state index in [2.05, 4.69) is 15.9 Å². The van der Waals surface area contributed by atoms with Gasteiger partial charge in [0.25, 0.3) is 5.69 Å². The lowest BCUT2D eigenvalue weighted by Gasteiger charge is -2.09. The maximum absolute atomic E-state index is 11.3. The van der Waals surface area contributed by atoms with E-state index in [1.54, 1.807) is 12.1 Å². The standard InChI is InChI=1S/C13H7BrClNO4S/c14-9-3-1-2-4-11(9)21-12-8(13(17)18)5-7(16(19)20)6-10(12)15/h1-6H,(H,17,18). The van der Waals surface area contributed by atoms with Crippen LogP contribution in [0.3, 0.4) is 0 Å². The van der Waals surface area contributed by atoms with Crippen molar-refractivity contribution in [3.05, 3.63) is 61.6 Å². The van der Waals surface area contributed by atoms with E-state index in [0.717, 1.165) is 33.3 Å². The molecule has 0 radical (unpaired) electrons. The van der Waals surface area contributed by atoms with Gasteiger partial charge in [-0.15, -0.1) is 0 Å². The maximum Gasteiger partial charge on any atom is 0.337 e.